The van der Waals surface area contributed by atoms with Gasteiger partial charge in [-0.3, -0.25) is 9.59 Å². The first kappa shape index (κ1) is 21.8. The number of methoxy groups -OCH3 is 2. The van der Waals surface area contributed by atoms with Crippen LogP contribution in [0, 0.1) is 5.41 Å². The summed E-state index contributed by atoms with van der Waals surface area (Å²) in [5, 5.41) is 1.19. The molecule has 2 aromatic carbocycles. The number of fused-ring (bicyclic) bond motifs is 1. The minimum Gasteiger partial charge on any atom is -0.490 e. The molecule has 0 aliphatic carbocycles. The lowest BCUT2D eigenvalue weighted by Gasteiger charge is -2.24. The molecule has 152 valence electrons. The van der Waals surface area contributed by atoms with E-state index in [4.69, 9.17) is 30.5 Å². The Morgan fingerprint density at radius 2 is 1.61 bits per heavy atom. The topological polar surface area (TPSA) is 71.1 Å². The van der Waals surface area contributed by atoms with Gasteiger partial charge in [-0.05, 0) is 26.3 Å². The summed E-state index contributed by atoms with van der Waals surface area (Å²) in [4.78, 5) is 24.5. The summed E-state index contributed by atoms with van der Waals surface area (Å²) < 4.78 is 22.1. The highest BCUT2D eigenvalue weighted by Crippen LogP contribution is 2.53. The van der Waals surface area contributed by atoms with E-state index in [1.54, 1.807) is 18.2 Å². The Labute approximate surface area is 169 Å². The molecule has 2 rings (SSSR count). The zero-order chi connectivity index (χ0) is 21.1. The van der Waals surface area contributed by atoms with Crippen LogP contribution in [-0.2, 0) is 9.59 Å². The minimum atomic E-state index is -0.699. The molecule has 0 aromatic heterocycles. The fraction of sp³-hybridized carbons (Fsp3) is 0.429. The first-order chi connectivity index (χ1) is 13.2. The van der Waals surface area contributed by atoms with Crippen LogP contribution in [0.3, 0.4) is 0 Å². The maximum atomic E-state index is 12.9. The van der Waals surface area contributed by atoms with E-state index in [1.165, 1.54) is 21.1 Å². The largest absolute Gasteiger partial charge is 0.490 e. The molecule has 6 nitrogen and oxygen atoms in total. The van der Waals surface area contributed by atoms with Crippen molar-refractivity contribution in [3.63, 3.8) is 0 Å². The van der Waals surface area contributed by atoms with Gasteiger partial charge in [0.05, 0.1) is 30.0 Å². The van der Waals surface area contributed by atoms with Crippen molar-refractivity contribution in [1.29, 1.82) is 0 Å². The molecule has 0 bridgehead atoms. The van der Waals surface area contributed by atoms with Crippen molar-refractivity contribution in [3.05, 3.63) is 23.2 Å². The molecule has 2 aromatic rings. The highest BCUT2D eigenvalue weighted by atomic mass is 35.5. The van der Waals surface area contributed by atoms with Gasteiger partial charge in [0.1, 0.15) is 0 Å². The van der Waals surface area contributed by atoms with Gasteiger partial charge in [0.2, 0.25) is 11.5 Å². The number of carbonyl (C=O) groups is 2. The molecule has 28 heavy (non-hydrogen) atoms. The van der Waals surface area contributed by atoms with E-state index >= 15 is 0 Å². The number of halogens is 1. The summed E-state index contributed by atoms with van der Waals surface area (Å²) >= 11 is 6.43. The Morgan fingerprint density at radius 1 is 1.00 bits per heavy atom. The van der Waals surface area contributed by atoms with Crippen LogP contribution in [0.1, 0.15) is 40.5 Å². The monoisotopic (exact) mass is 408 g/mol. The van der Waals surface area contributed by atoms with E-state index in [2.05, 4.69) is 0 Å². The van der Waals surface area contributed by atoms with Crippen molar-refractivity contribution < 1.29 is 28.5 Å². The maximum Gasteiger partial charge on any atom is 0.317 e. The van der Waals surface area contributed by atoms with Crippen molar-refractivity contribution in [1.82, 2.24) is 0 Å². The molecule has 0 radical (unpaired) electrons. The van der Waals surface area contributed by atoms with Gasteiger partial charge in [-0.25, -0.2) is 0 Å². The Balaban J connectivity index is 2.81. The molecule has 0 saturated carbocycles. The fourth-order valence-electron chi connectivity index (χ4n) is 3.06. The predicted molar refractivity (Wildman–Crippen MR) is 108 cm³/mol. The van der Waals surface area contributed by atoms with Crippen LogP contribution in [0.4, 0.5) is 0 Å². The van der Waals surface area contributed by atoms with Crippen LogP contribution in [-0.4, -0.2) is 26.2 Å². The minimum absolute atomic E-state index is 0.125. The molecular formula is C21H25ClO6. The van der Waals surface area contributed by atoms with Gasteiger partial charge in [0, 0.05) is 12.3 Å². The van der Waals surface area contributed by atoms with Crippen LogP contribution < -0.4 is 18.9 Å². The number of hydrogen-bond acceptors (Lipinski definition) is 6. The van der Waals surface area contributed by atoms with E-state index in [0.29, 0.717) is 22.2 Å². The standard InChI is InChI=1S/C21H25ClO6/c1-7-11-21(3,4)20(24)28-17-15-13(9-8-10-14(15)22)16(27-12(2)23)18(25-5)19(17)26-6/h8-10H,7,11H2,1-6H3. The lowest BCUT2D eigenvalue weighted by Crippen LogP contribution is -2.29. The molecular weight excluding hydrogens is 384 g/mol. The molecule has 0 saturated heterocycles. The second kappa shape index (κ2) is 8.69. The van der Waals surface area contributed by atoms with Crippen molar-refractivity contribution >= 4 is 34.3 Å². The molecule has 0 atom stereocenters. The van der Waals surface area contributed by atoms with Crippen molar-refractivity contribution in [2.75, 3.05) is 14.2 Å². The predicted octanol–water partition coefficient (Wildman–Crippen LogP) is 5.17. The lowest BCUT2D eigenvalue weighted by molar-refractivity contribution is -0.144. The number of hydrogen-bond donors (Lipinski definition) is 0. The molecule has 0 aliphatic rings. The smallest absolute Gasteiger partial charge is 0.317 e. The van der Waals surface area contributed by atoms with Crippen molar-refractivity contribution in [2.45, 2.75) is 40.5 Å². The summed E-state index contributed by atoms with van der Waals surface area (Å²) in [5.74, 6) is -0.405. The van der Waals surface area contributed by atoms with Crippen molar-refractivity contribution in [3.8, 4) is 23.0 Å². The number of rotatable bonds is 7. The third-order valence-electron chi connectivity index (χ3n) is 4.38. The number of ether oxygens (including phenoxy) is 4. The Morgan fingerprint density at radius 3 is 2.14 bits per heavy atom. The number of carbonyl (C=O) groups excluding carboxylic acids is 2. The van der Waals surface area contributed by atoms with E-state index < -0.39 is 17.4 Å². The first-order valence-corrected chi connectivity index (χ1v) is 9.32. The third-order valence-corrected chi connectivity index (χ3v) is 4.70. The fourth-order valence-corrected chi connectivity index (χ4v) is 3.32. The van der Waals surface area contributed by atoms with Crippen LogP contribution >= 0.6 is 11.6 Å². The summed E-state index contributed by atoms with van der Waals surface area (Å²) in [6, 6.07) is 5.06. The van der Waals surface area contributed by atoms with Crippen LogP contribution in [0.5, 0.6) is 23.0 Å². The van der Waals surface area contributed by atoms with Crippen LogP contribution in [0.2, 0.25) is 5.02 Å². The van der Waals surface area contributed by atoms with Gasteiger partial charge in [-0.1, -0.05) is 37.1 Å². The molecule has 0 heterocycles. The van der Waals surface area contributed by atoms with Gasteiger partial charge < -0.3 is 18.9 Å². The Hall–Kier alpha value is -2.47. The molecule has 0 aliphatic heterocycles. The molecule has 7 heteroatoms. The Bertz CT molecular complexity index is 904. The summed E-state index contributed by atoms with van der Waals surface area (Å²) in [5.41, 5.74) is -0.699. The van der Waals surface area contributed by atoms with Crippen LogP contribution in [0.15, 0.2) is 18.2 Å². The summed E-state index contributed by atoms with van der Waals surface area (Å²) in [7, 11) is 2.82. The highest BCUT2D eigenvalue weighted by molar-refractivity contribution is 6.36. The molecule has 0 amide bonds. The lowest BCUT2D eigenvalue weighted by atomic mass is 9.88. The van der Waals surface area contributed by atoms with Crippen molar-refractivity contribution in [2.24, 2.45) is 5.41 Å². The average molecular weight is 409 g/mol. The zero-order valence-corrected chi connectivity index (χ0v) is 17.7. The number of benzene rings is 2. The van der Waals surface area contributed by atoms with E-state index in [0.717, 1.165) is 6.42 Å². The summed E-state index contributed by atoms with van der Waals surface area (Å²) in [6.07, 6.45) is 1.48. The zero-order valence-electron chi connectivity index (χ0n) is 17.0. The van der Waals surface area contributed by atoms with E-state index in [-0.39, 0.29) is 23.0 Å². The van der Waals surface area contributed by atoms with Gasteiger partial charge in [-0.2, -0.15) is 0 Å². The van der Waals surface area contributed by atoms with Crippen LogP contribution in [0.25, 0.3) is 10.8 Å². The maximum absolute atomic E-state index is 12.9. The molecule has 0 spiro atoms. The van der Waals surface area contributed by atoms with Gasteiger partial charge in [0.25, 0.3) is 0 Å². The van der Waals surface area contributed by atoms with Gasteiger partial charge in [-0.15, -0.1) is 0 Å². The summed E-state index contributed by atoms with van der Waals surface area (Å²) in [6.45, 7) is 6.92. The van der Waals surface area contributed by atoms with Gasteiger partial charge >= 0.3 is 11.9 Å². The number of esters is 2. The first-order valence-electron chi connectivity index (χ1n) is 8.94. The Kier molecular flexibility index (Phi) is 6.77. The highest BCUT2D eigenvalue weighted by Gasteiger charge is 2.33. The normalized spacial score (nSPS) is 11.2. The SMILES string of the molecule is CCCC(C)(C)C(=O)Oc1c(OC)c(OC)c(OC(C)=O)c2cccc(Cl)c12. The van der Waals surface area contributed by atoms with E-state index in [1.807, 2.05) is 20.8 Å². The molecule has 0 unspecified atom stereocenters. The third kappa shape index (κ3) is 4.17. The second-order valence-corrected chi connectivity index (χ2v) is 7.41. The van der Waals surface area contributed by atoms with E-state index in [9.17, 15) is 9.59 Å². The van der Waals surface area contributed by atoms with Gasteiger partial charge in [0.15, 0.2) is 11.5 Å². The average Bonchev–Trinajstić information content (AvgIpc) is 2.62. The molecule has 0 N–H and O–H groups in total. The molecule has 0 fully saturated rings. The second-order valence-electron chi connectivity index (χ2n) is 7.00. The quantitative estimate of drug-likeness (QED) is 0.465.